The predicted octanol–water partition coefficient (Wildman–Crippen LogP) is 2.60. The van der Waals surface area contributed by atoms with Gasteiger partial charge in [-0.15, -0.1) is 0 Å². The zero-order chi connectivity index (χ0) is 11.7. The van der Waals surface area contributed by atoms with Gasteiger partial charge in [0.1, 0.15) is 5.82 Å². The Hall–Kier alpha value is -1.90. The lowest BCUT2D eigenvalue weighted by Crippen LogP contribution is -2.03. The number of nitrogens with one attached hydrogen (secondary N) is 1. The summed E-state index contributed by atoms with van der Waals surface area (Å²) in [7, 11) is 1.90. The maximum atomic E-state index is 4.62. The van der Waals surface area contributed by atoms with Gasteiger partial charge in [0, 0.05) is 19.2 Å². The van der Waals surface area contributed by atoms with E-state index in [1.807, 2.05) is 25.4 Å². The zero-order valence-corrected chi connectivity index (χ0v) is 9.85. The van der Waals surface area contributed by atoms with Crippen molar-refractivity contribution in [3.8, 4) is 0 Å². The van der Waals surface area contributed by atoms with Crippen molar-refractivity contribution >= 4 is 5.82 Å². The number of hydrogen-bond donors (Lipinski definition) is 1. The van der Waals surface area contributed by atoms with E-state index in [0.717, 1.165) is 24.4 Å². The first-order valence-corrected chi connectivity index (χ1v) is 5.97. The van der Waals surface area contributed by atoms with E-state index in [4.69, 9.17) is 0 Å². The SMILES string of the molecule is CNc1cccc(C2CCc3cccnc32)n1. The van der Waals surface area contributed by atoms with Gasteiger partial charge in [-0.1, -0.05) is 12.1 Å². The number of rotatable bonds is 2. The Kier molecular flexibility index (Phi) is 2.52. The second-order valence-corrected chi connectivity index (χ2v) is 4.34. The first-order valence-electron chi connectivity index (χ1n) is 5.97. The molecule has 1 aliphatic rings. The summed E-state index contributed by atoms with van der Waals surface area (Å²) in [6.45, 7) is 0. The van der Waals surface area contributed by atoms with Crippen LogP contribution in [0.4, 0.5) is 5.82 Å². The molecular formula is C14H15N3. The van der Waals surface area contributed by atoms with Crippen LogP contribution in [0.3, 0.4) is 0 Å². The molecule has 2 heterocycles. The molecule has 0 aromatic carbocycles. The standard InChI is InChI=1S/C14H15N3/c1-15-13-6-2-5-12(17-13)11-8-7-10-4-3-9-16-14(10)11/h2-6,9,11H,7-8H2,1H3,(H,15,17). The van der Waals surface area contributed by atoms with Crippen LogP contribution in [0.2, 0.25) is 0 Å². The molecule has 86 valence electrons. The van der Waals surface area contributed by atoms with Crippen LogP contribution >= 0.6 is 0 Å². The molecule has 0 radical (unpaired) electrons. The minimum absolute atomic E-state index is 0.361. The first kappa shape index (κ1) is 10.3. The second-order valence-electron chi connectivity index (χ2n) is 4.34. The molecule has 0 fully saturated rings. The van der Waals surface area contributed by atoms with E-state index in [2.05, 4.69) is 33.5 Å². The summed E-state index contributed by atoms with van der Waals surface area (Å²) in [5.74, 6) is 1.28. The van der Waals surface area contributed by atoms with Crippen LogP contribution in [0.1, 0.15) is 29.3 Å². The number of nitrogens with zero attached hydrogens (tertiary/aromatic N) is 2. The van der Waals surface area contributed by atoms with Gasteiger partial charge in [-0.3, -0.25) is 4.98 Å². The van der Waals surface area contributed by atoms with E-state index in [1.165, 1.54) is 11.3 Å². The third kappa shape index (κ3) is 1.78. The molecule has 3 heteroatoms. The summed E-state index contributed by atoms with van der Waals surface area (Å²) in [4.78, 5) is 9.13. The maximum Gasteiger partial charge on any atom is 0.125 e. The molecule has 0 saturated heterocycles. The van der Waals surface area contributed by atoms with Crippen molar-refractivity contribution in [2.24, 2.45) is 0 Å². The molecule has 2 aromatic rings. The molecule has 0 spiro atoms. The molecule has 0 bridgehead atoms. The van der Waals surface area contributed by atoms with Crippen LogP contribution in [0.15, 0.2) is 36.5 Å². The highest BCUT2D eigenvalue weighted by Crippen LogP contribution is 2.35. The molecule has 0 aliphatic heterocycles. The molecule has 0 saturated carbocycles. The lowest BCUT2D eigenvalue weighted by molar-refractivity contribution is 0.747. The van der Waals surface area contributed by atoms with Gasteiger partial charge < -0.3 is 5.32 Å². The van der Waals surface area contributed by atoms with Crippen molar-refractivity contribution in [1.82, 2.24) is 9.97 Å². The Bertz CT molecular complexity index is 536. The molecule has 1 aliphatic carbocycles. The molecule has 1 N–H and O–H groups in total. The normalized spacial score (nSPS) is 17.8. The van der Waals surface area contributed by atoms with Crippen LogP contribution in [0.5, 0.6) is 0 Å². The van der Waals surface area contributed by atoms with Gasteiger partial charge in [0.15, 0.2) is 0 Å². The average molecular weight is 225 g/mol. The van der Waals surface area contributed by atoms with Crippen LogP contribution in [-0.4, -0.2) is 17.0 Å². The smallest absolute Gasteiger partial charge is 0.125 e. The molecule has 3 nitrogen and oxygen atoms in total. The highest BCUT2D eigenvalue weighted by Gasteiger charge is 2.25. The second kappa shape index (κ2) is 4.17. The Morgan fingerprint density at radius 2 is 2.18 bits per heavy atom. The minimum atomic E-state index is 0.361. The first-order chi connectivity index (χ1) is 8.38. The topological polar surface area (TPSA) is 37.8 Å². The Balaban J connectivity index is 2.01. The van der Waals surface area contributed by atoms with Gasteiger partial charge in [-0.2, -0.15) is 0 Å². The summed E-state index contributed by atoms with van der Waals surface area (Å²) in [5.41, 5.74) is 3.69. The van der Waals surface area contributed by atoms with Crippen LogP contribution in [0, 0.1) is 0 Å². The molecule has 1 unspecified atom stereocenters. The zero-order valence-electron chi connectivity index (χ0n) is 9.85. The van der Waals surface area contributed by atoms with E-state index < -0.39 is 0 Å². The number of pyridine rings is 2. The third-order valence-electron chi connectivity index (χ3n) is 3.34. The van der Waals surface area contributed by atoms with Gasteiger partial charge >= 0.3 is 0 Å². The van der Waals surface area contributed by atoms with E-state index in [1.54, 1.807) is 0 Å². The van der Waals surface area contributed by atoms with E-state index >= 15 is 0 Å². The molecular weight excluding hydrogens is 210 g/mol. The summed E-state index contributed by atoms with van der Waals surface area (Å²) in [6.07, 6.45) is 4.10. The molecule has 2 aromatic heterocycles. The van der Waals surface area contributed by atoms with Gasteiger partial charge in [-0.05, 0) is 36.6 Å². The largest absolute Gasteiger partial charge is 0.373 e. The number of aromatic nitrogens is 2. The Morgan fingerprint density at radius 3 is 3.06 bits per heavy atom. The predicted molar refractivity (Wildman–Crippen MR) is 68.2 cm³/mol. The number of fused-ring (bicyclic) bond motifs is 1. The van der Waals surface area contributed by atoms with E-state index in [0.29, 0.717) is 5.92 Å². The van der Waals surface area contributed by atoms with Gasteiger partial charge in [-0.25, -0.2) is 4.98 Å². The van der Waals surface area contributed by atoms with E-state index in [9.17, 15) is 0 Å². The van der Waals surface area contributed by atoms with Crippen LogP contribution < -0.4 is 5.32 Å². The van der Waals surface area contributed by atoms with Crippen molar-refractivity contribution < 1.29 is 0 Å². The van der Waals surface area contributed by atoms with Crippen molar-refractivity contribution in [2.75, 3.05) is 12.4 Å². The summed E-state index contributed by atoms with van der Waals surface area (Å²) in [5, 5.41) is 3.08. The number of anilines is 1. The fraction of sp³-hybridized carbons (Fsp3) is 0.286. The van der Waals surface area contributed by atoms with Gasteiger partial charge in [0.2, 0.25) is 0 Å². The lowest BCUT2D eigenvalue weighted by Gasteiger charge is -2.11. The van der Waals surface area contributed by atoms with Crippen molar-refractivity contribution in [1.29, 1.82) is 0 Å². The minimum Gasteiger partial charge on any atom is -0.373 e. The summed E-state index contributed by atoms with van der Waals surface area (Å²) in [6, 6.07) is 10.3. The number of hydrogen-bond acceptors (Lipinski definition) is 3. The maximum absolute atomic E-state index is 4.62. The third-order valence-corrected chi connectivity index (χ3v) is 3.34. The highest BCUT2D eigenvalue weighted by molar-refractivity contribution is 5.40. The fourth-order valence-electron chi connectivity index (χ4n) is 2.49. The summed E-state index contributed by atoms with van der Waals surface area (Å²) < 4.78 is 0. The summed E-state index contributed by atoms with van der Waals surface area (Å²) >= 11 is 0. The van der Waals surface area contributed by atoms with E-state index in [-0.39, 0.29) is 0 Å². The van der Waals surface area contributed by atoms with Crippen molar-refractivity contribution in [3.05, 3.63) is 53.5 Å². The average Bonchev–Trinajstić information content (AvgIpc) is 2.82. The highest BCUT2D eigenvalue weighted by atomic mass is 15.0. The quantitative estimate of drug-likeness (QED) is 0.853. The fourth-order valence-corrected chi connectivity index (χ4v) is 2.49. The monoisotopic (exact) mass is 225 g/mol. The Labute approximate surface area is 101 Å². The van der Waals surface area contributed by atoms with Gasteiger partial charge in [0.25, 0.3) is 0 Å². The van der Waals surface area contributed by atoms with Crippen molar-refractivity contribution in [3.63, 3.8) is 0 Å². The number of aryl methyl sites for hydroxylation is 1. The van der Waals surface area contributed by atoms with Crippen molar-refractivity contribution in [2.45, 2.75) is 18.8 Å². The van der Waals surface area contributed by atoms with Crippen LogP contribution in [-0.2, 0) is 6.42 Å². The van der Waals surface area contributed by atoms with Gasteiger partial charge in [0.05, 0.1) is 11.4 Å². The Morgan fingerprint density at radius 1 is 1.24 bits per heavy atom. The molecule has 3 rings (SSSR count). The lowest BCUT2D eigenvalue weighted by atomic mass is 10.0. The van der Waals surface area contributed by atoms with Crippen LogP contribution in [0.25, 0.3) is 0 Å². The molecule has 17 heavy (non-hydrogen) atoms. The molecule has 1 atom stereocenters. The molecule has 0 amide bonds.